The molecule has 0 unspecified atom stereocenters. The molecule has 0 aliphatic heterocycles. The average molecular weight is 353 g/mol. The smallest absolute Gasteiger partial charge is 0.138 e. The molecule has 0 spiro atoms. The molecule has 0 aliphatic carbocycles. The van der Waals surface area contributed by atoms with Crippen molar-refractivity contribution in [2.75, 3.05) is 0 Å². The van der Waals surface area contributed by atoms with Crippen molar-refractivity contribution in [3.63, 3.8) is 0 Å². The highest BCUT2D eigenvalue weighted by Gasteiger charge is 2.00. The maximum atomic E-state index is 5.74. The zero-order chi connectivity index (χ0) is 18.5. The molecule has 0 saturated carbocycles. The lowest BCUT2D eigenvalue weighted by Gasteiger charge is -2.04. The fourth-order valence-corrected chi connectivity index (χ4v) is 2.78. The number of nitrogens with zero attached hydrogens (tertiary/aromatic N) is 2. The standard InChI is InChI=1S/C23H19N3O/c1-17-12-21-13-22(26-23(21)25-14-17)7-6-18-2-4-19(5-3-18)15-27-16-20-8-10-24-11-9-20/h2-5,8-14H,15-16H2,1H3,(H,25,26). The molecule has 4 heteroatoms. The number of rotatable bonds is 4. The van der Waals surface area contributed by atoms with Crippen LogP contribution in [0.25, 0.3) is 11.0 Å². The average Bonchev–Trinajstić information content (AvgIpc) is 3.10. The van der Waals surface area contributed by atoms with Gasteiger partial charge in [-0.1, -0.05) is 18.1 Å². The largest absolute Gasteiger partial charge is 0.372 e. The fraction of sp³-hybridized carbons (Fsp3) is 0.130. The summed E-state index contributed by atoms with van der Waals surface area (Å²) in [7, 11) is 0. The minimum absolute atomic E-state index is 0.572. The molecule has 4 aromatic rings. The van der Waals surface area contributed by atoms with Crippen molar-refractivity contribution in [2.24, 2.45) is 0 Å². The van der Waals surface area contributed by atoms with E-state index < -0.39 is 0 Å². The quantitative estimate of drug-likeness (QED) is 0.554. The molecule has 27 heavy (non-hydrogen) atoms. The van der Waals surface area contributed by atoms with Crippen molar-refractivity contribution in [3.8, 4) is 11.8 Å². The van der Waals surface area contributed by atoms with Gasteiger partial charge in [0.05, 0.1) is 18.9 Å². The number of pyridine rings is 2. The lowest BCUT2D eigenvalue weighted by atomic mass is 10.1. The van der Waals surface area contributed by atoms with E-state index in [1.54, 1.807) is 12.4 Å². The van der Waals surface area contributed by atoms with Gasteiger partial charge in [0.2, 0.25) is 0 Å². The van der Waals surface area contributed by atoms with Gasteiger partial charge in [-0.15, -0.1) is 0 Å². The van der Waals surface area contributed by atoms with E-state index >= 15 is 0 Å². The van der Waals surface area contributed by atoms with E-state index in [4.69, 9.17) is 4.74 Å². The van der Waals surface area contributed by atoms with Gasteiger partial charge in [-0.05, 0) is 65.9 Å². The highest BCUT2D eigenvalue weighted by molar-refractivity contribution is 5.78. The van der Waals surface area contributed by atoms with Gasteiger partial charge in [-0.25, -0.2) is 4.98 Å². The Labute approximate surface area is 158 Å². The molecule has 3 heterocycles. The summed E-state index contributed by atoms with van der Waals surface area (Å²) >= 11 is 0. The number of hydrogen-bond donors (Lipinski definition) is 1. The fourth-order valence-electron chi connectivity index (χ4n) is 2.78. The summed E-state index contributed by atoms with van der Waals surface area (Å²) in [6, 6.07) is 16.2. The van der Waals surface area contributed by atoms with Gasteiger partial charge >= 0.3 is 0 Å². The van der Waals surface area contributed by atoms with Gasteiger partial charge in [0.15, 0.2) is 0 Å². The number of aromatic nitrogens is 3. The molecular weight excluding hydrogens is 334 g/mol. The first-order chi connectivity index (χ1) is 13.3. The molecule has 0 atom stereocenters. The maximum absolute atomic E-state index is 5.74. The summed E-state index contributed by atoms with van der Waals surface area (Å²) in [5.74, 6) is 6.36. The van der Waals surface area contributed by atoms with E-state index in [-0.39, 0.29) is 0 Å². The number of benzene rings is 1. The van der Waals surface area contributed by atoms with Crippen LogP contribution in [0.5, 0.6) is 0 Å². The first kappa shape index (κ1) is 17.0. The highest BCUT2D eigenvalue weighted by Crippen LogP contribution is 2.14. The van der Waals surface area contributed by atoms with Crippen LogP contribution in [0.4, 0.5) is 0 Å². The van der Waals surface area contributed by atoms with Crippen molar-refractivity contribution >= 4 is 11.0 Å². The van der Waals surface area contributed by atoms with Gasteiger partial charge in [-0.2, -0.15) is 0 Å². The van der Waals surface area contributed by atoms with Crippen molar-refractivity contribution in [1.82, 2.24) is 15.0 Å². The highest BCUT2D eigenvalue weighted by atomic mass is 16.5. The molecule has 132 valence electrons. The number of hydrogen-bond acceptors (Lipinski definition) is 3. The zero-order valence-electron chi connectivity index (χ0n) is 15.1. The van der Waals surface area contributed by atoms with Crippen LogP contribution in [0.15, 0.2) is 67.1 Å². The minimum atomic E-state index is 0.572. The lowest BCUT2D eigenvalue weighted by molar-refractivity contribution is 0.107. The number of aryl methyl sites for hydroxylation is 1. The Kier molecular flexibility index (Phi) is 4.95. The Morgan fingerprint density at radius 3 is 2.44 bits per heavy atom. The van der Waals surface area contributed by atoms with Crippen molar-refractivity contribution in [1.29, 1.82) is 0 Å². The molecule has 1 N–H and O–H groups in total. The first-order valence-electron chi connectivity index (χ1n) is 8.79. The lowest BCUT2D eigenvalue weighted by Crippen LogP contribution is -1.94. The Balaban J connectivity index is 1.38. The predicted molar refractivity (Wildman–Crippen MR) is 106 cm³/mol. The van der Waals surface area contributed by atoms with E-state index in [0.717, 1.165) is 39.0 Å². The number of nitrogens with one attached hydrogen (secondary N) is 1. The summed E-state index contributed by atoms with van der Waals surface area (Å²) in [5, 5.41) is 1.08. The van der Waals surface area contributed by atoms with Gasteiger partial charge < -0.3 is 9.72 Å². The molecule has 0 radical (unpaired) electrons. The second-order valence-electron chi connectivity index (χ2n) is 6.43. The number of fused-ring (bicyclic) bond motifs is 1. The predicted octanol–water partition coefficient (Wildman–Crippen LogP) is 4.38. The van der Waals surface area contributed by atoms with Crippen LogP contribution in [0.2, 0.25) is 0 Å². The van der Waals surface area contributed by atoms with Gasteiger partial charge in [0.25, 0.3) is 0 Å². The summed E-state index contributed by atoms with van der Waals surface area (Å²) in [4.78, 5) is 11.6. The van der Waals surface area contributed by atoms with Gasteiger partial charge in [0.1, 0.15) is 5.65 Å². The number of ether oxygens (including phenoxy) is 1. The van der Waals surface area contributed by atoms with E-state index in [2.05, 4.69) is 32.9 Å². The van der Waals surface area contributed by atoms with Crippen LogP contribution in [0, 0.1) is 18.8 Å². The number of aromatic amines is 1. The molecule has 0 bridgehead atoms. The molecule has 4 rings (SSSR count). The van der Waals surface area contributed by atoms with Crippen LogP contribution in [-0.2, 0) is 18.0 Å². The third kappa shape index (κ3) is 4.41. The SMILES string of the molecule is Cc1cnc2[nH]c(C#Cc3ccc(COCc4ccncc4)cc3)cc2c1. The van der Waals surface area contributed by atoms with E-state index in [1.165, 1.54) is 0 Å². The Morgan fingerprint density at radius 1 is 0.926 bits per heavy atom. The summed E-state index contributed by atoms with van der Waals surface area (Å²) < 4.78 is 5.74. The molecule has 3 aromatic heterocycles. The van der Waals surface area contributed by atoms with Crippen LogP contribution in [0.1, 0.15) is 27.9 Å². The molecular formula is C23H19N3O. The van der Waals surface area contributed by atoms with E-state index in [9.17, 15) is 0 Å². The molecule has 0 saturated heterocycles. The Morgan fingerprint density at radius 2 is 1.67 bits per heavy atom. The second kappa shape index (κ2) is 7.86. The van der Waals surface area contributed by atoms with Crippen molar-refractivity contribution in [3.05, 3.63) is 95.1 Å². The summed E-state index contributed by atoms with van der Waals surface area (Å²) in [6.07, 6.45) is 5.40. The summed E-state index contributed by atoms with van der Waals surface area (Å²) in [5.41, 5.74) is 6.09. The van der Waals surface area contributed by atoms with E-state index in [0.29, 0.717) is 13.2 Å². The second-order valence-corrected chi connectivity index (χ2v) is 6.43. The topological polar surface area (TPSA) is 50.8 Å². The van der Waals surface area contributed by atoms with Crippen LogP contribution >= 0.6 is 0 Å². The molecule has 4 nitrogen and oxygen atoms in total. The number of H-pyrrole nitrogens is 1. The minimum Gasteiger partial charge on any atom is -0.372 e. The van der Waals surface area contributed by atoms with E-state index in [1.807, 2.05) is 55.6 Å². The van der Waals surface area contributed by atoms with Gasteiger partial charge in [-0.3, -0.25) is 4.98 Å². The third-order valence-electron chi connectivity index (χ3n) is 4.19. The van der Waals surface area contributed by atoms with Crippen molar-refractivity contribution < 1.29 is 4.74 Å². The summed E-state index contributed by atoms with van der Waals surface area (Å²) in [6.45, 7) is 3.19. The molecule has 0 amide bonds. The maximum Gasteiger partial charge on any atom is 0.138 e. The monoisotopic (exact) mass is 353 g/mol. The molecule has 1 aromatic carbocycles. The Hall–Kier alpha value is -3.42. The molecule has 0 aliphatic rings. The van der Waals surface area contributed by atoms with Crippen LogP contribution in [-0.4, -0.2) is 15.0 Å². The zero-order valence-corrected chi connectivity index (χ0v) is 15.1. The molecule has 0 fully saturated rings. The van der Waals surface area contributed by atoms with Gasteiger partial charge in [0, 0.05) is 29.5 Å². The van der Waals surface area contributed by atoms with Crippen molar-refractivity contribution in [2.45, 2.75) is 20.1 Å². The van der Waals surface area contributed by atoms with Crippen LogP contribution in [0.3, 0.4) is 0 Å². The first-order valence-corrected chi connectivity index (χ1v) is 8.79. The van der Waals surface area contributed by atoms with Crippen LogP contribution < -0.4 is 0 Å². The third-order valence-corrected chi connectivity index (χ3v) is 4.19. The Bertz CT molecular complexity index is 1100. The normalized spacial score (nSPS) is 10.6.